The van der Waals surface area contributed by atoms with Crippen molar-refractivity contribution in [2.45, 2.75) is 6.42 Å². The molecule has 3 aromatic rings. The van der Waals surface area contributed by atoms with Crippen molar-refractivity contribution in [2.75, 3.05) is 33.2 Å². The van der Waals surface area contributed by atoms with Gasteiger partial charge in [-0.1, -0.05) is 42.5 Å². The van der Waals surface area contributed by atoms with Crippen LogP contribution in [0.1, 0.15) is 21.6 Å². The molecule has 2 heterocycles. The van der Waals surface area contributed by atoms with E-state index in [4.69, 9.17) is 5.10 Å². The number of carbonyl (C=O) groups excluding carboxylic acids is 1. The highest BCUT2D eigenvalue weighted by atomic mass is 16.2. The number of piperazine rings is 1. The van der Waals surface area contributed by atoms with Crippen LogP contribution in [0.2, 0.25) is 0 Å². The van der Waals surface area contributed by atoms with Gasteiger partial charge in [0.25, 0.3) is 5.91 Å². The number of amides is 1. The lowest BCUT2D eigenvalue weighted by Crippen LogP contribution is -2.47. The van der Waals surface area contributed by atoms with Crippen molar-refractivity contribution < 1.29 is 4.79 Å². The molecule has 0 bridgehead atoms. The zero-order valence-electron chi connectivity index (χ0n) is 15.4. The van der Waals surface area contributed by atoms with E-state index in [1.54, 1.807) is 0 Å². The fraction of sp³-hybridized carbons (Fsp3) is 0.273. The summed E-state index contributed by atoms with van der Waals surface area (Å²) in [6, 6.07) is 18.5. The van der Waals surface area contributed by atoms with Crippen molar-refractivity contribution in [1.29, 1.82) is 0 Å². The number of rotatable bonds is 2. The largest absolute Gasteiger partial charge is 0.335 e. The zero-order chi connectivity index (χ0) is 18.4. The molecule has 5 nitrogen and oxygen atoms in total. The van der Waals surface area contributed by atoms with Gasteiger partial charge in [-0.25, -0.2) is 4.68 Å². The molecule has 2 aliphatic rings. The molecule has 2 aromatic carbocycles. The van der Waals surface area contributed by atoms with Gasteiger partial charge >= 0.3 is 0 Å². The van der Waals surface area contributed by atoms with Crippen LogP contribution in [0.4, 0.5) is 0 Å². The molecule has 0 radical (unpaired) electrons. The van der Waals surface area contributed by atoms with Gasteiger partial charge in [0.1, 0.15) is 0 Å². The van der Waals surface area contributed by atoms with Gasteiger partial charge in [-0.3, -0.25) is 4.79 Å². The third-order valence-corrected chi connectivity index (χ3v) is 5.62. The minimum atomic E-state index is 0.0573. The number of aromatic nitrogens is 2. The van der Waals surface area contributed by atoms with Gasteiger partial charge < -0.3 is 9.80 Å². The van der Waals surface area contributed by atoms with Crippen molar-refractivity contribution >= 4 is 5.91 Å². The van der Waals surface area contributed by atoms with E-state index in [2.05, 4.69) is 36.2 Å². The lowest BCUT2D eigenvalue weighted by molar-refractivity contribution is 0.0657. The molecule has 136 valence electrons. The molecule has 0 unspecified atom stereocenters. The molecular weight excluding hydrogens is 336 g/mol. The summed E-state index contributed by atoms with van der Waals surface area (Å²) in [6.07, 6.45) is 0.771. The van der Waals surface area contributed by atoms with Crippen LogP contribution in [-0.4, -0.2) is 58.7 Å². The second kappa shape index (κ2) is 6.35. The highest BCUT2D eigenvalue weighted by Gasteiger charge is 2.33. The molecule has 0 N–H and O–H groups in total. The van der Waals surface area contributed by atoms with Gasteiger partial charge in [-0.2, -0.15) is 5.10 Å². The maximum atomic E-state index is 13.3. The summed E-state index contributed by atoms with van der Waals surface area (Å²) in [6.45, 7) is 3.34. The Hall–Kier alpha value is -2.92. The van der Waals surface area contributed by atoms with E-state index in [9.17, 15) is 4.79 Å². The number of nitrogens with zero attached hydrogens (tertiary/aromatic N) is 4. The average Bonchev–Trinajstić information content (AvgIpc) is 3.26. The summed E-state index contributed by atoms with van der Waals surface area (Å²) < 4.78 is 1.95. The van der Waals surface area contributed by atoms with E-state index in [0.29, 0.717) is 5.69 Å². The number of carbonyl (C=O) groups is 1. The summed E-state index contributed by atoms with van der Waals surface area (Å²) in [5, 5.41) is 4.81. The summed E-state index contributed by atoms with van der Waals surface area (Å²) in [5.74, 6) is 0.0573. The summed E-state index contributed by atoms with van der Waals surface area (Å²) in [4.78, 5) is 17.5. The smallest absolute Gasteiger partial charge is 0.274 e. The Morgan fingerprint density at radius 2 is 1.63 bits per heavy atom. The molecule has 1 aliphatic heterocycles. The Bertz CT molecular complexity index is 1000. The Morgan fingerprint density at radius 3 is 2.41 bits per heavy atom. The maximum absolute atomic E-state index is 13.3. The second-order valence-corrected chi connectivity index (χ2v) is 7.35. The number of fused-ring (bicyclic) bond motifs is 3. The van der Waals surface area contributed by atoms with Crippen molar-refractivity contribution in [3.05, 3.63) is 71.4 Å². The van der Waals surface area contributed by atoms with Crippen LogP contribution in [0, 0.1) is 0 Å². The Labute approximate surface area is 158 Å². The predicted molar refractivity (Wildman–Crippen MR) is 105 cm³/mol. The third kappa shape index (κ3) is 2.66. The Balaban J connectivity index is 1.62. The molecule has 1 fully saturated rings. The summed E-state index contributed by atoms with van der Waals surface area (Å²) >= 11 is 0. The first kappa shape index (κ1) is 16.3. The van der Waals surface area contributed by atoms with E-state index < -0.39 is 0 Å². The molecular formula is C22H22N4O. The fourth-order valence-corrected chi connectivity index (χ4v) is 4.08. The summed E-state index contributed by atoms with van der Waals surface area (Å²) in [7, 11) is 2.10. The van der Waals surface area contributed by atoms with Gasteiger partial charge in [-0.15, -0.1) is 0 Å². The van der Waals surface area contributed by atoms with Crippen molar-refractivity contribution in [2.24, 2.45) is 0 Å². The van der Waals surface area contributed by atoms with Gasteiger partial charge in [0.15, 0.2) is 5.69 Å². The van der Waals surface area contributed by atoms with Crippen LogP contribution in [0.25, 0.3) is 16.9 Å². The first-order valence-electron chi connectivity index (χ1n) is 9.46. The van der Waals surface area contributed by atoms with Crippen LogP contribution >= 0.6 is 0 Å². The van der Waals surface area contributed by atoms with Crippen LogP contribution in [-0.2, 0) is 6.42 Å². The second-order valence-electron chi connectivity index (χ2n) is 7.35. The van der Waals surface area contributed by atoms with Gasteiger partial charge in [-0.05, 0) is 24.7 Å². The first-order chi connectivity index (χ1) is 13.2. The molecule has 1 aromatic heterocycles. The number of para-hydroxylation sites is 1. The highest BCUT2D eigenvalue weighted by molar-refractivity contribution is 5.97. The van der Waals surface area contributed by atoms with Gasteiger partial charge in [0.05, 0.1) is 11.4 Å². The van der Waals surface area contributed by atoms with E-state index in [-0.39, 0.29) is 5.91 Å². The Morgan fingerprint density at radius 1 is 0.926 bits per heavy atom. The third-order valence-electron chi connectivity index (χ3n) is 5.62. The minimum absolute atomic E-state index is 0.0573. The van der Waals surface area contributed by atoms with Crippen LogP contribution in [0.3, 0.4) is 0 Å². The lowest BCUT2D eigenvalue weighted by Gasteiger charge is -2.32. The van der Waals surface area contributed by atoms with Crippen molar-refractivity contribution in [3.63, 3.8) is 0 Å². The first-order valence-corrected chi connectivity index (χ1v) is 9.46. The number of hydrogen-bond donors (Lipinski definition) is 0. The average molecular weight is 358 g/mol. The van der Waals surface area contributed by atoms with E-state index >= 15 is 0 Å². The summed E-state index contributed by atoms with van der Waals surface area (Å²) in [5.41, 5.74) is 6.17. The predicted octanol–water partition coefficient (Wildman–Crippen LogP) is 2.83. The molecule has 5 rings (SSSR count). The number of likely N-dealkylation sites (N-methyl/N-ethyl adjacent to an activating group) is 1. The molecule has 0 spiro atoms. The normalized spacial score (nSPS) is 16.3. The number of hydrogen-bond acceptors (Lipinski definition) is 3. The van der Waals surface area contributed by atoms with Gasteiger partial charge in [0, 0.05) is 43.7 Å². The molecule has 0 saturated carbocycles. The standard InChI is InChI=1S/C22H22N4O/c1-24-11-13-25(14-12-24)22(27)20-19-15-16-7-5-6-10-18(16)21(19)26(23-20)17-8-3-2-4-9-17/h2-10H,11-15H2,1H3. The van der Waals surface area contributed by atoms with Crippen LogP contribution < -0.4 is 0 Å². The highest BCUT2D eigenvalue weighted by Crippen LogP contribution is 2.40. The zero-order valence-corrected chi connectivity index (χ0v) is 15.4. The topological polar surface area (TPSA) is 41.4 Å². The molecule has 27 heavy (non-hydrogen) atoms. The van der Waals surface area contributed by atoms with Crippen molar-refractivity contribution in [3.8, 4) is 16.9 Å². The number of benzene rings is 2. The van der Waals surface area contributed by atoms with Crippen LogP contribution in [0.15, 0.2) is 54.6 Å². The van der Waals surface area contributed by atoms with E-state index in [1.165, 1.54) is 11.1 Å². The monoisotopic (exact) mass is 358 g/mol. The molecule has 1 aliphatic carbocycles. The quantitative estimate of drug-likeness (QED) is 0.553. The maximum Gasteiger partial charge on any atom is 0.274 e. The van der Waals surface area contributed by atoms with E-state index in [1.807, 2.05) is 39.9 Å². The molecule has 1 saturated heterocycles. The minimum Gasteiger partial charge on any atom is -0.335 e. The lowest BCUT2D eigenvalue weighted by atomic mass is 10.1. The molecule has 1 amide bonds. The van der Waals surface area contributed by atoms with E-state index in [0.717, 1.165) is 49.5 Å². The van der Waals surface area contributed by atoms with Crippen molar-refractivity contribution in [1.82, 2.24) is 19.6 Å². The Kier molecular flexibility index (Phi) is 3.83. The fourth-order valence-electron chi connectivity index (χ4n) is 4.08. The SMILES string of the molecule is CN1CCN(C(=O)c2nn(-c3ccccc3)c3c2Cc2ccccc2-3)CC1. The molecule has 5 heteroatoms. The van der Waals surface area contributed by atoms with Crippen LogP contribution in [0.5, 0.6) is 0 Å². The van der Waals surface area contributed by atoms with Gasteiger partial charge in [0.2, 0.25) is 0 Å². The molecule has 0 atom stereocenters.